The number of ether oxygens (including phenoxy) is 2. The summed E-state index contributed by atoms with van der Waals surface area (Å²) in [7, 11) is 3.20. The summed E-state index contributed by atoms with van der Waals surface area (Å²) in [6.45, 7) is 4.85. The molecule has 2 spiro atoms. The Kier molecular flexibility index (Phi) is 8.27. The molecule has 9 heteroatoms. The largest absolute Gasteiger partial charge is 0.497 e. The predicted octanol–water partition coefficient (Wildman–Crippen LogP) is 7.80. The van der Waals surface area contributed by atoms with E-state index in [1.807, 2.05) is 42.5 Å². The first kappa shape index (κ1) is 34.7. The topological polar surface area (TPSA) is 121 Å². The van der Waals surface area contributed by atoms with Crippen LogP contribution < -0.4 is 14.8 Å². The van der Waals surface area contributed by atoms with Crippen molar-refractivity contribution in [1.29, 1.82) is 0 Å². The van der Waals surface area contributed by atoms with Gasteiger partial charge in [-0.15, -0.1) is 0 Å². The van der Waals surface area contributed by atoms with Crippen LogP contribution in [0.3, 0.4) is 0 Å². The first-order valence-electron chi connectivity index (χ1n) is 18.7. The number of benzene rings is 2. The molecular weight excluding hydrogens is 656 g/mol. The van der Waals surface area contributed by atoms with Gasteiger partial charge in [0.1, 0.15) is 11.5 Å². The van der Waals surface area contributed by atoms with Crippen LogP contribution in [0.1, 0.15) is 74.9 Å². The van der Waals surface area contributed by atoms with Crippen molar-refractivity contribution in [2.45, 2.75) is 77.0 Å². The summed E-state index contributed by atoms with van der Waals surface area (Å²) in [6, 6.07) is 18.1. The third-order valence-electron chi connectivity index (χ3n) is 14.3. The number of fused-ring (bicyclic) bond motifs is 1. The fourth-order valence-electron chi connectivity index (χ4n) is 11.6. The van der Waals surface area contributed by atoms with Gasteiger partial charge in [-0.25, -0.2) is 4.79 Å². The minimum Gasteiger partial charge on any atom is -0.497 e. The Morgan fingerprint density at radius 3 is 2.40 bits per heavy atom. The van der Waals surface area contributed by atoms with Crippen LogP contribution >= 0.6 is 0 Å². The third-order valence-corrected chi connectivity index (χ3v) is 14.3. The molecule has 3 N–H and O–H groups in total. The Morgan fingerprint density at radius 1 is 0.923 bits per heavy atom. The first-order chi connectivity index (χ1) is 24.9. The van der Waals surface area contributed by atoms with Gasteiger partial charge >= 0.3 is 6.03 Å². The Morgan fingerprint density at radius 2 is 1.67 bits per heavy atom. The number of nitrogens with one attached hydrogen (secondary N) is 1. The van der Waals surface area contributed by atoms with Crippen molar-refractivity contribution in [3.63, 3.8) is 0 Å². The highest BCUT2D eigenvalue weighted by molar-refractivity contribution is 6.08. The van der Waals surface area contributed by atoms with E-state index in [1.165, 1.54) is 0 Å². The number of hydrogen-bond acceptors (Lipinski definition) is 7. The second-order valence-electron chi connectivity index (χ2n) is 16.4. The minimum atomic E-state index is -1.26. The fourth-order valence-corrected chi connectivity index (χ4v) is 11.6. The average molecular weight is 707 g/mol. The van der Waals surface area contributed by atoms with Gasteiger partial charge in [0.15, 0.2) is 5.76 Å². The Hall–Kier alpha value is -4.34. The van der Waals surface area contributed by atoms with Gasteiger partial charge in [0, 0.05) is 39.1 Å². The van der Waals surface area contributed by atoms with Crippen LogP contribution in [0.15, 0.2) is 95.1 Å². The molecule has 3 aromatic rings. The molecule has 8 atom stereocenters. The van der Waals surface area contributed by atoms with E-state index in [4.69, 9.17) is 13.9 Å². The number of hydrogen-bond donors (Lipinski definition) is 3. The lowest BCUT2D eigenvalue weighted by Gasteiger charge is -2.71. The zero-order valence-electron chi connectivity index (χ0n) is 30.6. The summed E-state index contributed by atoms with van der Waals surface area (Å²) in [5.41, 5.74) is -0.904. The number of amides is 2. The molecule has 2 bridgehead atoms. The predicted molar refractivity (Wildman–Crippen MR) is 197 cm³/mol. The number of para-hydroxylation sites is 1. The highest BCUT2D eigenvalue weighted by atomic mass is 16.5. The summed E-state index contributed by atoms with van der Waals surface area (Å²) in [5.74, 6) is 1.52. The van der Waals surface area contributed by atoms with E-state index in [0.717, 1.165) is 36.8 Å². The van der Waals surface area contributed by atoms with Crippen LogP contribution in [0.2, 0.25) is 0 Å². The molecule has 3 saturated carbocycles. The van der Waals surface area contributed by atoms with Crippen molar-refractivity contribution in [3.8, 4) is 11.5 Å². The Balaban J connectivity index is 1.19. The van der Waals surface area contributed by atoms with E-state index >= 15 is 0 Å². The molecule has 1 unspecified atom stereocenters. The molecule has 6 aliphatic rings. The Labute approximate surface area is 305 Å². The molecule has 3 fully saturated rings. The molecule has 1 aromatic heterocycles. The molecule has 0 saturated heterocycles. The van der Waals surface area contributed by atoms with Crippen molar-refractivity contribution in [3.05, 3.63) is 102 Å². The highest BCUT2D eigenvalue weighted by Gasteiger charge is 2.74. The second kappa shape index (κ2) is 12.4. The number of methoxy groups -OCH3 is 2. The normalized spacial score (nSPS) is 35.5. The zero-order chi connectivity index (χ0) is 36.5. The molecule has 0 radical (unpaired) electrons. The summed E-state index contributed by atoms with van der Waals surface area (Å²) < 4.78 is 16.9. The van der Waals surface area contributed by atoms with E-state index in [2.05, 4.69) is 37.4 Å². The molecule has 0 aliphatic heterocycles. The number of rotatable bonds is 9. The van der Waals surface area contributed by atoms with Crippen molar-refractivity contribution in [2.24, 2.45) is 33.5 Å². The highest BCUT2D eigenvalue weighted by Crippen LogP contribution is 2.78. The van der Waals surface area contributed by atoms with Gasteiger partial charge in [-0.05, 0) is 98.6 Å². The maximum atomic E-state index is 14.6. The second-order valence-corrected chi connectivity index (χ2v) is 16.4. The number of urea groups is 1. The monoisotopic (exact) mass is 706 g/mol. The van der Waals surface area contributed by atoms with E-state index in [-0.39, 0.29) is 42.2 Å². The van der Waals surface area contributed by atoms with Gasteiger partial charge < -0.3 is 34.3 Å². The number of carbonyl (C=O) groups is 2. The first-order valence-corrected chi connectivity index (χ1v) is 18.7. The molecule has 274 valence electrons. The van der Waals surface area contributed by atoms with Gasteiger partial charge in [-0.2, -0.15) is 0 Å². The number of allylic oxidation sites excluding steroid dienone is 4. The van der Waals surface area contributed by atoms with Crippen LogP contribution in [0.4, 0.5) is 10.5 Å². The van der Waals surface area contributed by atoms with E-state index in [1.54, 1.807) is 43.6 Å². The van der Waals surface area contributed by atoms with Crippen LogP contribution in [0, 0.1) is 33.5 Å². The van der Waals surface area contributed by atoms with Gasteiger partial charge in [0.2, 0.25) is 5.78 Å². The van der Waals surface area contributed by atoms with Gasteiger partial charge in [0.05, 0.1) is 45.3 Å². The molecule has 2 aromatic carbocycles. The maximum absolute atomic E-state index is 14.6. The molecule has 1 heterocycles. The lowest BCUT2D eigenvalue weighted by Crippen LogP contribution is -2.67. The van der Waals surface area contributed by atoms with Gasteiger partial charge in [-0.1, -0.05) is 50.3 Å². The van der Waals surface area contributed by atoms with Crippen LogP contribution in [-0.4, -0.2) is 59.4 Å². The molecule has 9 rings (SSSR count). The molecule has 52 heavy (non-hydrogen) atoms. The Bertz CT molecular complexity index is 1920. The van der Waals surface area contributed by atoms with E-state index in [0.29, 0.717) is 42.2 Å². The number of furan rings is 1. The van der Waals surface area contributed by atoms with Crippen molar-refractivity contribution >= 4 is 17.5 Å². The van der Waals surface area contributed by atoms with Gasteiger partial charge in [-0.3, -0.25) is 4.79 Å². The van der Waals surface area contributed by atoms with E-state index in [9.17, 15) is 19.8 Å². The zero-order valence-corrected chi connectivity index (χ0v) is 30.6. The number of aliphatic hydroxyl groups is 2. The average Bonchev–Trinajstić information content (AvgIpc) is 3.78. The SMILES string of the molecule is COc1ccc(CN(C[C@]2(O)CC[C@H]3[C@]45C=C[C@@]6(C=C4C(=O)c4ccco4)CC(O)CC[C@]6(C)[C@H]5CC[C@@]32C)C(=O)Nc2ccccc2)c(OC)c1. The summed E-state index contributed by atoms with van der Waals surface area (Å²) in [6.07, 6.45) is 12.8. The molecule has 6 aliphatic carbocycles. The molecular formula is C43H50N2O7. The maximum Gasteiger partial charge on any atom is 0.322 e. The lowest BCUT2D eigenvalue weighted by atomic mass is 9.32. The fraction of sp³-hybridized carbons (Fsp3) is 0.488. The summed E-state index contributed by atoms with van der Waals surface area (Å²) in [4.78, 5) is 30.5. The minimum absolute atomic E-state index is 0.0679. The summed E-state index contributed by atoms with van der Waals surface area (Å²) in [5, 5.41) is 27.2. The third kappa shape index (κ3) is 4.95. The van der Waals surface area contributed by atoms with Gasteiger partial charge in [0.25, 0.3) is 0 Å². The quantitative estimate of drug-likeness (QED) is 0.153. The summed E-state index contributed by atoms with van der Waals surface area (Å²) >= 11 is 0. The number of Topliss-reactive ketones (excluding diaryl/α,β-unsaturated/α-hetero) is 1. The van der Waals surface area contributed by atoms with Crippen molar-refractivity contribution in [1.82, 2.24) is 4.90 Å². The molecule has 9 nitrogen and oxygen atoms in total. The standard InChI is InChI=1S/C43H50N2O7/c1-39-17-14-30(46)24-41(39)20-21-43(32(25-41)37(47)33-11-8-22-52-33)35(39)15-18-40(2)36(43)16-19-42(40,49)27-45(38(48)44-29-9-6-5-7-10-29)26-28-12-13-31(50-3)23-34(28)51-4/h5-13,20-23,25,30,35-36,46,49H,14-19,24,26-27H2,1-4H3,(H,44,48)/t30?,35-,36-,39-,40+,41+,42-,43-/m1/s1. The number of ketones is 1. The number of nitrogens with zero attached hydrogens (tertiary/aromatic N) is 1. The van der Waals surface area contributed by atoms with Crippen molar-refractivity contribution < 1.29 is 33.7 Å². The van der Waals surface area contributed by atoms with E-state index < -0.39 is 27.9 Å². The van der Waals surface area contributed by atoms with Crippen molar-refractivity contribution in [2.75, 3.05) is 26.1 Å². The lowest BCUT2D eigenvalue weighted by molar-refractivity contribution is -0.174. The van der Waals surface area contributed by atoms with Crippen LogP contribution in [-0.2, 0) is 6.54 Å². The van der Waals surface area contributed by atoms with Crippen LogP contribution in [0.5, 0.6) is 11.5 Å². The number of carbonyl (C=O) groups excluding carboxylic acids is 2. The molecule has 2 amide bonds. The smallest absolute Gasteiger partial charge is 0.322 e. The van der Waals surface area contributed by atoms with Crippen LogP contribution in [0.25, 0.3) is 0 Å². The number of aliphatic hydroxyl groups excluding tert-OH is 1. The number of anilines is 1.